The second-order valence-electron chi connectivity index (χ2n) is 3.25. The Hall–Kier alpha value is -2.37. The summed E-state index contributed by atoms with van der Waals surface area (Å²) in [7, 11) is 0. The van der Waals surface area contributed by atoms with Crippen LogP contribution in [0.2, 0.25) is 0 Å². The fourth-order valence-electron chi connectivity index (χ4n) is 1.15. The van der Waals surface area contributed by atoms with Gasteiger partial charge in [-0.1, -0.05) is 5.16 Å². The Morgan fingerprint density at radius 2 is 2.31 bits per heavy atom. The molecular formula is C10H10N4O2. The van der Waals surface area contributed by atoms with Gasteiger partial charge in [0.05, 0.1) is 11.9 Å². The highest BCUT2D eigenvalue weighted by Gasteiger charge is 2.10. The van der Waals surface area contributed by atoms with Crippen molar-refractivity contribution in [1.82, 2.24) is 10.1 Å². The van der Waals surface area contributed by atoms with E-state index in [1.54, 1.807) is 25.1 Å². The molecule has 2 aromatic heterocycles. The van der Waals surface area contributed by atoms with Crippen LogP contribution in [0.15, 0.2) is 28.9 Å². The molecule has 6 nitrogen and oxygen atoms in total. The summed E-state index contributed by atoms with van der Waals surface area (Å²) >= 11 is 0. The first kappa shape index (κ1) is 10.2. The topological polar surface area (TPSA) is 94.0 Å². The first-order chi connectivity index (χ1) is 7.65. The highest BCUT2D eigenvalue weighted by Crippen LogP contribution is 2.09. The number of nitrogens with zero attached hydrogens (tertiary/aromatic N) is 2. The molecule has 0 aliphatic heterocycles. The van der Waals surface area contributed by atoms with Gasteiger partial charge in [0, 0.05) is 6.07 Å². The maximum atomic E-state index is 11.6. The van der Waals surface area contributed by atoms with E-state index < -0.39 is 0 Å². The lowest BCUT2D eigenvalue weighted by atomic mass is 10.3. The van der Waals surface area contributed by atoms with Crippen LogP contribution in [0.1, 0.15) is 16.2 Å². The van der Waals surface area contributed by atoms with E-state index in [0.29, 0.717) is 17.3 Å². The van der Waals surface area contributed by atoms with Gasteiger partial charge in [-0.15, -0.1) is 0 Å². The SMILES string of the molecule is Cc1cc(C(=O)Nc2ccc(N)nc2)no1. The fourth-order valence-corrected chi connectivity index (χ4v) is 1.15. The average Bonchev–Trinajstić information content (AvgIpc) is 2.68. The van der Waals surface area contributed by atoms with E-state index in [1.807, 2.05) is 0 Å². The first-order valence-electron chi connectivity index (χ1n) is 4.61. The lowest BCUT2D eigenvalue weighted by Crippen LogP contribution is -2.12. The molecule has 2 heterocycles. The summed E-state index contributed by atoms with van der Waals surface area (Å²) in [5.74, 6) is 0.638. The summed E-state index contributed by atoms with van der Waals surface area (Å²) < 4.78 is 4.80. The van der Waals surface area contributed by atoms with E-state index in [4.69, 9.17) is 10.3 Å². The van der Waals surface area contributed by atoms with E-state index in [2.05, 4.69) is 15.5 Å². The maximum absolute atomic E-state index is 11.6. The van der Waals surface area contributed by atoms with Crippen molar-refractivity contribution >= 4 is 17.4 Å². The molecule has 0 radical (unpaired) electrons. The van der Waals surface area contributed by atoms with Crippen molar-refractivity contribution in [1.29, 1.82) is 0 Å². The van der Waals surface area contributed by atoms with Crippen LogP contribution in [-0.2, 0) is 0 Å². The Morgan fingerprint density at radius 3 is 2.88 bits per heavy atom. The third-order valence-electron chi connectivity index (χ3n) is 1.90. The predicted molar refractivity (Wildman–Crippen MR) is 57.8 cm³/mol. The van der Waals surface area contributed by atoms with Gasteiger partial charge in [0.1, 0.15) is 11.6 Å². The molecule has 0 spiro atoms. The monoisotopic (exact) mass is 218 g/mol. The minimum Gasteiger partial charge on any atom is -0.384 e. The molecule has 0 atom stereocenters. The minimum atomic E-state index is -0.344. The number of nitrogens with two attached hydrogens (primary N) is 1. The van der Waals surface area contributed by atoms with Crippen LogP contribution in [0.4, 0.5) is 11.5 Å². The largest absolute Gasteiger partial charge is 0.384 e. The number of rotatable bonds is 2. The highest BCUT2D eigenvalue weighted by molar-refractivity contribution is 6.02. The van der Waals surface area contributed by atoms with Crippen LogP contribution in [0.5, 0.6) is 0 Å². The van der Waals surface area contributed by atoms with E-state index >= 15 is 0 Å². The van der Waals surface area contributed by atoms with Gasteiger partial charge in [-0.3, -0.25) is 4.79 Å². The molecule has 0 aliphatic rings. The van der Waals surface area contributed by atoms with Crippen molar-refractivity contribution in [3.63, 3.8) is 0 Å². The molecule has 0 fully saturated rings. The molecule has 0 saturated carbocycles. The van der Waals surface area contributed by atoms with Crippen LogP contribution < -0.4 is 11.1 Å². The predicted octanol–water partition coefficient (Wildman–Crippen LogP) is 1.21. The quantitative estimate of drug-likeness (QED) is 0.790. The summed E-state index contributed by atoms with van der Waals surface area (Å²) in [5, 5.41) is 6.22. The van der Waals surface area contributed by atoms with Gasteiger partial charge < -0.3 is 15.6 Å². The van der Waals surface area contributed by atoms with Crippen molar-refractivity contribution in [3.8, 4) is 0 Å². The van der Waals surface area contributed by atoms with Crippen LogP contribution in [0, 0.1) is 6.92 Å². The van der Waals surface area contributed by atoms with Gasteiger partial charge in [0.2, 0.25) is 0 Å². The Labute approximate surface area is 91.5 Å². The lowest BCUT2D eigenvalue weighted by Gasteiger charge is -2.01. The number of hydrogen-bond donors (Lipinski definition) is 2. The van der Waals surface area contributed by atoms with Crippen molar-refractivity contribution in [3.05, 3.63) is 35.9 Å². The average molecular weight is 218 g/mol. The van der Waals surface area contributed by atoms with E-state index in [0.717, 1.165) is 0 Å². The van der Waals surface area contributed by atoms with Gasteiger partial charge in [-0.25, -0.2) is 4.98 Å². The van der Waals surface area contributed by atoms with Gasteiger partial charge >= 0.3 is 0 Å². The number of aryl methyl sites for hydroxylation is 1. The maximum Gasteiger partial charge on any atom is 0.277 e. The van der Waals surface area contributed by atoms with E-state index in [1.165, 1.54) is 6.20 Å². The van der Waals surface area contributed by atoms with Crippen LogP contribution in [-0.4, -0.2) is 16.0 Å². The number of amides is 1. The Kier molecular flexibility index (Phi) is 2.55. The number of nitrogens with one attached hydrogen (secondary N) is 1. The molecule has 0 unspecified atom stereocenters. The zero-order chi connectivity index (χ0) is 11.5. The van der Waals surface area contributed by atoms with Crippen LogP contribution in [0.25, 0.3) is 0 Å². The molecule has 1 amide bonds. The second kappa shape index (κ2) is 4.01. The molecule has 2 rings (SSSR count). The zero-order valence-electron chi connectivity index (χ0n) is 8.60. The van der Waals surface area contributed by atoms with Crippen molar-refractivity contribution in [2.24, 2.45) is 0 Å². The van der Waals surface area contributed by atoms with Crippen molar-refractivity contribution in [2.45, 2.75) is 6.92 Å². The standard InChI is InChI=1S/C10H10N4O2/c1-6-4-8(14-16-6)10(15)13-7-2-3-9(11)12-5-7/h2-5H,1H3,(H2,11,12)(H,13,15). The van der Waals surface area contributed by atoms with Crippen LogP contribution in [0.3, 0.4) is 0 Å². The van der Waals surface area contributed by atoms with Crippen molar-refractivity contribution < 1.29 is 9.32 Å². The number of aromatic nitrogens is 2. The molecule has 16 heavy (non-hydrogen) atoms. The lowest BCUT2D eigenvalue weighted by molar-refractivity contribution is 0.101. The summed E-state index contributed by atoms with van der Waals surface area (Å²) in [4.78, 5) is 15.5. The first-order valence-corrected chi connectivity index (χ1v) is 4.61. The minimum absolute atomic E-state index is 0.231. The van der Waals surface area contributed by atoms with Gasteiger partial charge in [-0.05, 0) is 19.1 Å². The fraction of sp³-hybridized carbons (Fsp3) is 0.100. The smallest absolute Gasteiger partial charge is 0.277 e. The number of hydrogen-bond acceptors (Lipinski definition) is 5. The molecule has 0 saturated heterocycles. The number of pyridine rings is 1. The third-order valence-corrected chi connectivity index (χ3v) is 1.90. The van der Waals surface area contributed by atoms with E-state index in [9.17, 15) is 4.79 Å². The van der Waals surface area contributed by atoms with Crippen LogP contribution >= 0.6 is 0 Å². The Bertz CT molecular complexity index is 504. The summed E-state index contributed by atoms with van der Waals surface area (Å²) in [6.07, 6.45) is 1.47. The van der Waals surface area contributed by atoms with Gasteiger partial charge in [-0.2, -0.15) is 0 Å². The Morgan fingerprint density at radius 1 is 1.50 bits per heavy atom. The molecule has 6 heteroatoms. The number of nitrogen functional groups attached to an aromatic ring is 1. The normalized spacial score (nSPS) is 10.1. The van der Waals surface area contributed by atoms with E-state index in [-0.39, 0.29) is 11.6 Å². The summed E-state index contributed by atoms with van der Waals surface area (Å²) in [6.45, 7) is 1.72. The van der Waals surface area contributed by atoms with Crippen molar-refractivity contribution in [2.75, 3.05) is 11.1 Å². The number of anilines is 2. The molecule has 2 aromatic rings. The summed E-state index contributed by atoms with van der Waals surface area (Å²) in [5.41, 5.74) is 6.21. The number of carbonyl (C=O) groups excluding carboxylic acids is 1. The zero-order valence-corrected chi connectivity index (χ0v) is 8.60. The van der Waals surface area contributed by atoms with Gasteiger partial charge in [0.15, 0.2) is 5.69 Å². The molecule has 3 N–H and O–H groups in total. The molecule has 0 aliphatic carbocycles. The highest BCUT2D eigenvalue weighted by atomic mass is 16.5. The molecule has 0 aromatic carbocycles. The third kappa shape index (κ3) is 2.17. The molecule has 0 bridgehead atoms. The van der Waals surface area contributed by atoms with Gasteiger partial charge in [0.25, 0.3) is 5.91 Å². The Balaban J connectivity index is 2.10. The molecular weight excluding hydrogens is 208 g/mol. The second-order valence-corrected chi connectivity index (χ2v) is 3.25. The number of carbonyl (C=O) groups is 1. The molecule has 82 valence electrons. The summed E-state index contributed by atoms with van der Waals surface area (Å²) in [6, 6.07) is 4.82.